The maximum Gasteiger partial charge on any atom is 0.231 e. The third-order valence-electron chi connectivity index (χ3n) is 4.66. The van der Waals surface area contributed by atoms with Crippen LogP contribution in [0.25, 0.3) is 0 Å². The van der Waals surface area contributed by atoms with Gasteiger partial charge in [0.15, 0.2) is 11.5 Å². The molecular weight excluding hydrogens is 346 g/mol. The zero-order valence-electron chi connectivity index (χ0n) is 15.1. The third-order valence-corrected chi connectivity index (χ3v) is 4.66. The summed E-state index contributed by atoms with van der Waals surface area (Å²) in [7, 11) is 0. The van der Waals surface area contributed by atoms with E-state index in [0.29, 0.717) is 19.4 Å². The number of benzene rings is 2. The molecule has 6 nitrogen and oxygen atoms in total. The SMILES string of the molecule is O=C(CCc1ccc2c(c1)OCO2)Nc1cccc(OC[C@@H]2CCCO2)c1. The number of ether oxygens (including phenoxy) is 4. The Kier molecular flexibility index (Phi) is 5.44. The lowest BCUT2D eigenvalue weighted by atomic mass is 10.1. The number of hydrogen-bond acceptors (Lipinski definition) is 5. The van der Waals surface area contributed by atoms with E-state index in [1.165, 1.54) is 0 Å². The second-order valence-electron chi connectivity index (χ2n) is 6.71. The number of nitrogens with one attached hydrogen (secondary N) is 1. The van der Waals surface area contributed by atoms with Gasteiger partial charge in [0.05, 0.1) is 6.10 Å². The zero-order valence-corrected chi connectivity index (χ0v) is 15.1. The highest BCUT2D eigenvalue weighted by molar-refractivity contribution is 5.91. The molecule has 0 spiro atoms. The molecule has 1 amide bonds. The van der Waals surface area contributed by atoms with Crippen LogP contribution in [0.1, 0.15) is 24.8 Å². The van der Waals surface area contributed by atoms with Crippen molar-refractivity contribution in [3.05, 3.63) is 48.0 Å². The number of amides is 1. The van der Waals surface area contributed by atoms with Crippen LogP contribution in [-0.4, -0.2) is 32.0 Å². The van der Waals surface area contributed by atoms with Crippen molar-refractivity contribution >= 4 is 11.6 Å². The van der Waals surface area contributed by atoms with Crippen molar-refractivity contribution in [3.8, 4) is 17.2 Å². The molecule has 6 heteroatoms. The van der Waals surface area contributed by atoms with Crippen LogP contribution in [-0.2, 0) is 16.0 Å². The van der Waals surface area contributed by atoms with Gasteiger partial charge in [-0.25, -0.2) is 0 Å². The van der Waals surface area contributed by atoms with Crippen molar-refractivity contribution in [1.82, 2.24) is 0 Å². The van der Waals surface area contributed by atoms with Crippen LogP contribution in [0, 0.1) is 0 Å². The number of hydrogen-bond donors (Lipinski definition) is 1. The van der Waals surface area contributed by atoms with Gasteiger partial charge >= 0.3 is 0 Å². The minimum Gasteiger partial charge on any atom is -0.491 e. The summed E-state index contributed by atoms with van der Waals surface area (Å²) in [5.74, 6) is 2.19. The van der Waals surface area contributed by atoms with Crippen molar-refractivity contribution < 1.29 is 23.7 Å². The topological polar surface area (TPSA) is 66.0 Å². The van der Waals surface area contributed by atoms with E-state index in [-0.39, 0.29) is 18.8 Å². The highest BCUT2D eigenvalue weighted by Gasteiger charge is 2.16. The summed E-state index contributed by atoms with van der Waals surface area (Å²) in [6.45, 7) is 1.61. The fourth-order valence-corrected chi connectivity index (χ4v) is 3.21. The second kappa shape index (κ2) is 8.31. The van der Waals surface area contributed by atoms with Gasteiger partial charge in [-0.05, 0) is 49.1 Å². The van der Waals surface area contributed by atoms with Gasteiger partial charge in [0, 0.05) is 24.8 Å². The van der Waals surface area contributed by atoms with Gasteiger partial charge in [0.25, 0.3) is 0 Å². The molecule has 1 atom stereocenters. The Morgan fingerprint density at radius 3 is 2.96 bits per heavy atom. The van der Waals surface area contributed by atoms with Crippen molar-refractivity contribution in [3.63, 3.8) is 0 Å². The smallest absolute Gasteiger partial charge is 0.231 e. The molecule has 2 aromatic rings. The summed E-state index contributed by atoms with van der Waals surface area (Å²) >= 11 is 0. The molecule has 0 unspecified atom stereocenters. The standard InChI is InChI=1S/C21H23NO5/c23-21(9-7-15-6-8-19-20(11-15)27-14-26-19)22-16-3-1-4-17(12-16)25-13-18-5-2-10-24-18/h1,3-4,6,8,11-12,18H,2,5,7,9-10,13-14H2,(H,22,23)/t18-/m0/s1. The molecule has 2 aromatic carbocycles. The average molecular weight is 369 g/mol. The predicted molar refractivity (Wildman–Crippen MR) is 100 cm³/mol. The summed E-state index contributed by atoms with van der Waals surface area (Å²) < 4.78 is 22.0. The van der Waals surface area contributed by atoms with E-state index < -0.39 is 0 Å². The zero-order chi connectivity index (χ0) is 18.5. The molecular formula is C21H23NO5. The number of anilines is 1. The number of carbonyl (C=O) groups is 1. The first-order chi connectivity index (χ1) is 13.3. The van der Waals surface area contributed by atoms with Crippen LogP contribution in [0.15, 0.2) is 42.5 Å². The summed E-state index contributed by atoms with van der Waals surface area (Å²) in [6.07, 6.45) is 3.33. The fourth-order valence-electron chi connectivity index (χ4n) is 3.21. The van der Waals surface area contributed by atoms with Crippen LogP contribution in [0.3, 0.4) is 0 Å². The van der Waals surface area contributed by atoms with Crippen LogP contribution in [0.2, 0.25) is 0 Å². The van der Waals surface area contributed by atoms with Crippen LogP contribution in [0.4, 0.5) is 5.69 Å². The maximum absolute atomic E-state index is 12.3. The van der Waals surface area contributed by atoms with E-state index in [2.05, 4.69) is 5.32 Å². The number of aryl methyl sites for hydroxylation is 1. The highest BCUT2D eigenvalue weighted by Crippen LogP contribution is 2.32. The number of carbonyl (C=O) groups excluding carboxylic acids is 1. The molecule has 4 rings (SSSR count). The molecule has 1 N–H and O–H groups in total. The molecule has 0 radical (unpaired) electrons. The first-order valence-corrected chi connectivity index (χ1v) is 9.29. The summed E-state index contributed by atoms with van der Waals surface area (Å²) in [4.78, 5) is 12.3. The molecule has 2 aliphatic heterocycles. The molecule has 2 heterocycles. The van der Waals surface area contributed by atoms with Gasteiger partial charge in [-0.3, -0.25) is 4.79 Å². The number of fused-ring (bicyclic) bond motifs is 1. The minimum atomic E-state index is -0.0380. The van der Waals surface area contributed by atoms with Gasteiger partial charge in [-0.1, -0.05) is 12.1 Å². The summed E-state index contributed by atoms with van der Waals surface area (Å²) in [5.41, 5.74) is 1.78. The largest absolute Gasteiger partial charge is 0.491 e. The van der Waals surface area contributed by atoms with Crippen molar-refractivity contribution in [2.75, 3.05) is 25.3 Å². The molecule has 2 aliphatic rings. The van der Waals surface area contributed by atoms with Crippen LogP contribution in [0.5, 0.6) is 17.2 Å². The van der Waals surface area contributed by atoms with E-state index in [0.717, 1.165) is 47.9 Å². The predicted octanol–water partition coefficient (Wildman–Crippen LogP) is 3.54. The van der Waals surface area contributed by atoms with Crippen LogP contribution < -0.4 is 19.5 Å². The molecule has 27 heavy (non-hydrogen) atoms. The molecule has 142 valence electrons. The first kappa shape index (κ1) is 17.7. The summed E-state index contributed by atoms with van der Waals surface area (Å²) in [5, 5.41) is 2.93. The van der Waals surface area contributed by atoms with Crippen LogP contribution >= 0.6 is 0 Å². The number of rotatable bonds is 7. The normalized spacial score (nSPS) is 17.7. The van der Waals surface area contributed by atoms with Gasteiger partial charge < -0.3 is 24.3 Å². The van der Waals surface area contributed by atoms with Gasteiger partial charge in [0.2, 0.25) is 12.7 Å². The van der Waals surface area contributed by atoms with Crippen molar-refractivity contribution in [1.29, 1.82) is 0 Å². The van der Waals surface area contributed by atoms with Crippen molar-refractivity contribution in [2.45, 2.75) is 31.8 Å². The molecule has 1 saturated heterocycles. The summed E-state index contributed by atoms with van der Waals surface area (Å²) in [6, 6.07) is 13.2. The average Bonchev–Trinajstić information content (AvgIpc) is 3.36. The lowest BCUT2D eigenvalue weighted by Crippen LogP contribution is -2.16. The minimum absolute atomic E-state index is 0.0380. The Bertz CT molecular complexity index is 801. The Morgan fingerprint density at radius 2 is 2.07 bits per heavy atom. The van der Waals surface area contributed by atoms with E-state index in [1.807, 2.05) is 42.5 Å². The third kappa shape index (κ3) is 4.71. The van der Waals surface area contributed by atoms with E-state index in [9.17, 15) is 4.79 Å². The molecule has 0 aromatic heterocycles. The Labute approximate surface area is 158 Å². The lowest BCUT2D eigenvalue weighted by Gasteiger charge is -2.12. The van der Waals surface area contributed by atoms with Gasteiger partial charge in [0.1, 0.15) is 12.4 Å². The maximum atomic E-state index is 12.3. The van der Waals surface area contributed by atoms with E-state index >= 15 is 0 Å². The Balaban J connectivity index is 1.27. The first-order valence-electron chi connectivity index (χ1n) is 9.29. The highest BCUT2D eigenvalue weighted by atomic mass is 16.7. The Morgan fingerprint density at radius 1 is 1.15 bits per heavy atom. The van der Waals surface area contributed by atoms with E-state index in [4.69, 9.17) is 18.9 Å². The van der Waals surface area contributed by atoms with Crippen molar-refractivity contribution in [2.24, 2.45) is 0 Å². The molecule has 0 saturated carbocycles. The van der Waals surface area contributed by atoms with Gasteiger partial charge in [-0.15, -0.1) is 0 Å². The quantitative estimate of drug-likeness (QED) is 0.809. The second-order valence-corrected chi connectivity index (χ2v) is 6.71. The molecule has 0 aliphatic carbocycles. The molecule has 0 bridgehead atoms. The fraction of sp³-hybridized carbons (Fsp3) is 0.381. The molecule has 1 fully saturated rings. The van der Waals surface area contributed by atoms with E-state index in [1.54, 1.807) is 0 Å². The lowest BCUT2D eigenvalue weighted by molar-refractivity contribution is -0.116. The van der Waals surface area contributed by atoms with Gasteiger partial charge in [-0.2, -0.15) is 0 Å². The Hall–Kier alpha value is -2.73. The monoisotopic (exact) mass is 369 g/mol.